The highest BCUT2D eigenvalue weighted by molar-refractivity contribution is 9.10. The second kappa shape index (κ2) is 10.4. The predicted molar refractivity (Wildman–Crippen MR) is 143 cm³/mol. The van der Waals surface area contributed by atoms with Gasteiger partial charge in [0.2, 0.25) is 0 Å². The summed E-state index contributed by atoms with van der Waals surface area (Å²) >= 11 is 5.34. The third kappa shape index (κ3) is 5.09. The molecule has 6 nitrogen and oxygen atoms in total. The summed E-state index contributed by atoms with van der Waals surface area (Å²) in [6, 6.07) is 18.2. The molecule has 0 bridgehead atoms. The van der Waals surface area contributed by atoms with E-state index in [0.29, 0.717) is 17.2 Å². The highest BCUT2D eigenvalue weighted by Crippen LogP contribution is 2.31. The van der Waals surface area contributed by atoms with E-state index < -0.39 is 0 Å². The molecule has 0 saturated carbocycles. The molecule has 1 aliphatic rings. The Labute approximate surface area is 212 Å². The van der Waals surface area contributed by atoms with Crippen molar-refractivity contribution in [1.82, 2.24) is 19.5 Å². The van der Waals surface area contributed by atoms with Crippen LogP contribution in [0.15, 0.2) is 70.2 Å². The molecule has 0 spiro atoms. The van der Waals surface area contributed by atoms with Gasteiger partial charge in [-0.2, -0.15) is 9.61 Å². The maximum Gasteiger partial charge on any atom is 0.172 e. The van der Waals surface area contributed by atoms with Crippen LogP contribution < -0.4 is 5.32 Å². The molecule has 3 heterocycles. The molecule has 8 heteroatoms. The largest absolute Gasteiger partial charge is 0.507 e. The van der Waals surface area contributed by atoms with Crippen LogP contribution >= 0.6 is 27.7 Å². The van der Waals surface area contributed by atoms with Gasteiger partial charge in [-0.15, -0.1) is 11.8 Å². The first-order chi connectivity index (χ1) is 16.6. The van der Waals surface area contributed by atoms with Gasteiger partial charge in [-0.1, -0.05) is 24.3 Å². The van der Waals surface area contributed by atoms with Gasteiger partial charge >= 0.3 is 0 Å². The lowest BCUT2D eigenvalue weighted by atomic mass is 9.97. The number of benzene rings is 2. The minimum absolute atomic E-state index is 0.217. The first kappa shape index (κ1) is 23.2. The summed E-state index contributed by atoms with van der Waals surface area (Å²) in [6.07, 6.45) is 6.28. The topological polar surface area (TPSA) is 65.7 Å². The van der Waals surface area contributed by atoms with E-state index in [4.69, 9.17) is 4.98 Å². The molecule has 0 amide bonds. The summed E-state index contributed by atoms with van der Waals surface area (Å²) in [6.45, 7) is 4.07. The van der Waals surface area contributed by atoms with Gasteiger partial charge in [-0.3, -0.25) is 4.90 Å². The van der Waals surface area contributed by atoms with Crippen molar-refractivity contribution >= 4 is 39.2 Å². The molecular formula is C26H28BrN5OS. The van der Waals surface area contributed by atoms with Crippen molar-refractivity contribution in [2.24, 2.45) is 5.92 Å². The molecule has 0 aliphatic carbocycles. The van der Waals surface area contributed by atoms with Gasteiger partial charge in [0.25, 0.3) is 0 Å². The highest BCUT2D eigenvalue weighted by Gasteiger charge is 2.21. The molecule has 176 valence electrons. The van der Waals surface area contributed by atoms with Gasteiger partial charge in [-0.25, -0.2) is 4.98 Å². The number of para-hydroxylation sites is 1. The van der Waals surface area contributed by atoms with Crippen LogP contribution in [0.25, 0.3) is 16.9 Å². The third-order valence-corrected chi connectivity index (χ3v) is 7.65. The van der Waals surface area contributed by atoms with Crippen LogP contribution in [0.3, 0.4) is 0 Å². The number of likely N-dealkylation sites (tertiary alicyclic amines) is 1. The van der Waals surface area contributed by atoms with Gasteiger partial charge in [0.05, 0.1) is 16.4 Å². The minimum Gasteiger partial charge on any atom is -0.507 e. The van der Waals surface area contributed by atoms with Crippen molar-refractivity contribution in [3.8, 4) is 17.0 Å². The molecule has 4 aromatic rings. The average Bonchev–Trinajstić information content (AvgIpc) is 3.24. The van der Waals surface area contributed by atoms with Crippen molar-refractivity contribution in [3.63, 3.8) is 0 Å². The van der Waals surface area contributed by atoms with Gasteiger partial charge in [-0.05, 0) is 77.3 Å². The number of nitrogens with one attached hydrogen (secondary N) is 1. The number of nitrogens with zero attached hydrogens (tertiary/aromatic N) is 4. The Hall–Kier alpha value is -2.55. The van der Waals surface area contributed by atoms with Crippen LogP contribution in [0.5, 0.6) is 5.75 Å². The molecule has 2 N–H and O–H groups in total. The minimum atomic E-state index is 0.217. The van der Waals surface area contributed by atoms with Gasteiger partial charge in [0.15, 0.2) is 5.65 Å². The number of phenols is 1. The van der Waals surface area contributed by atoms with Gasteiger partial charge in [0, 0.05) is 36.2 Å². The van der Waals surface area contributed by atoms with Crippen LogP contribution in [-0.4, -0.2) is 50.5 Å². The lowest BCUT2D eigenvalue weighted by Crippen LogP contribution is -2.37. The fourth-order valence-corrected chi connectivity index (χ4v) is 5.35. The number of piperidine rings is 1. The second-order valence-electron chi connectivity index (χ2n) is 8.74. The highest BCUT2D eigenvalue weighted by atomic mass is 79.9. The lowest BCUT2D eigenvalue weighted by Gasteiger charge is -2.33. The van der Waals surface area contributed by atoms with E-state index in [1.165, 1.54) is 23.3 Å². The van der Waals surface area contributed by atoms with Crippen LogP contribution in [0, 0.1) is 5.92 Å². The summed E-state index contributed by atoms with van der Waals surface area (Å²) in [5.74, 6) is 1.64. The number of aromatic nitrogens is 3. The van der Waals surface area contributed by atoms with E-state index in [9.17, 15) is 5.11 Å². The maximum absolute atomic E-state index is 10.4. The second-order valence-corrected chi connectivity index (χ2v) is 10.5. The van der Waals surface area contributed by atoms with Crippen LogP contribution in [0.2, 0.25) is 0 Å². The van der Waals surface area contributed by atoms with E-state index in [1.54, 1.807) is 24.0 Å². The van der Waals surface area contributed by atoms with Gasteiger partial charge < -0.3 is 10.4 Å². The molecule has 1 atom stereocenters. The number of halogens is 1. The molecule has 5 rings (SSSR count). The first-order valence-corrected chi connectivity index (χ1v) is 13.5. The van der Waals surface area contributed by atoms with Crippen molar-refractivity contribution in [2.45, 2.75) is 24.3 Å². The number of thioether (sulfide) groups is 1. The van der Waals surface area contributed by atoms with Crippen molar-refractivity contribution < 1.29 is 5.11 Å². The van der Waals surface area contributed by atoms with E-state index in [0.717, 1.165) is 42.1 Å². The molecule has 34 heavy (non-hydrogen) atoms. The molecule has 2 aromatic carbocycles. The zero-order valence-corrected chi connectivity index (χ0v) is 21.5. The van der Waals surface area contributed by atoms with E-state index in [1.807, 2.05) is 28.8 Å². The lowest BCUT2D eigenvalue weighted by molar-refractivity contribution is 0.173. The zero-order chi connectivity index (χ0) is 23.5. The summed E-state index contributed by atoms with van der Waals surface area (Å²) in [7, 11) is 0. The van der Waals surface area contributed by atoms with Crippen molar-refractivity contribution in [3.05, 3.63) is 70.8 Å². The number of rotatable bonds is 7. The maximum atomic E-state index is 10.4. The quantitative estimate of drug-likeness (QED) is 0.285. The Morgan fingerprint density at radius 2 is 2.00 bits per heavy atom. The Morgan fingerprint density at radius 3 is 2.79 bits per heavy atom. The fourth-order valence-electron chi connectivity index (χ4n) is 4.59. The predicted octanol–water partition coefficient (Wildman–Crippen LogP) is 5.91. The Bertz CT molecular complexity index is 1280. The zero-order valence-electron chi connectivity index (χ0n) is 19.1. The molecule has 0 radical (unpaired) electrons. The van der Waals surface area contributed by atoms with Crippen LogP contribution in [0.1, 0.15) is 18.4 Å². The van der Waals surface area contributed by atoms with E-state index in [2.05, 4.69) is 61.8 Å². The number of phenolic OH excluding ortho intramolecular Hbond substituents is 1. The Kier molecular flexibility index (Phi) is 7.08. The number of aromatic hydroxyl groups is 1. The Morgan fingerprint density at radius 1 is 1.18 bits per heavy atom. The number of hydrogen-bond donors (Lipinski definition) is 2. The molecule has 2 aromatic heterocycles. The molecule has 1 saturated heterocycles. The number of hydrogen-bond acceptors (Lipinski definition) is 6. The van der Waals surface area contributed by atoms with Crippen LogP contribution in [0.4, 0.5) is 5.82 Å². The molecule has 1 fully saturated rings. The average molecular weight is 539 g/mol. The Balaban J connectivity index is 1.30. The van der Waals surface area contributed by atoms with E-state index >= 15 is 0 Å². The smallest absolute Gasteiger partial charge is 0.172 e. The first-order valence-electron chi connectivity index (χ1n) is 11.5. The van der Waals surface area contributed by atoms with Crippen molar-refractivity contribution in [2.75, 3.05) is 31.2 Å². The summed E-state index contributed by atoms with van der Waals surface area (Å²) in [5.41, 5.74) is 3.52. The van der Waals surface area contributed by atoms with Crippen molar-refractivity contribution in [1.29, 1.82) is 0 Å². The summed E-state index contributed by atoms with van der Waals surface area (Å²) < 4.78 is 2.64. The monoisotopic (exact) mass is 537 g/mol. The summed E-state index contributed by atoms with van der Waals surface area (Å²) in [5, 5.41) is 18.5. The molecule has 1 aliphatic heterocycles. The van der Waals surface area contributed by atoms with Gasteiger partial charge in [0.1, 0.15) is 11.6 Å². The summed E-state index contributed by atoms with van der Waals surface area (Å²) in [4.78, 5) is 8.60. The number of anilines is 1. The number of fused-ring (bicyclic) bond motifs is 1. The normalized spacial score (nSPS) is 16.7. The molecule has 1 unspecified atom stereocenters. The van der Waals surface area contributed by atoms with E-state index in [-0.39, 0.29) is 5.75 Å². The standard InChI is InChI=1S/C26H28BrN5OS/c1-34-20-10-8-18(9-11-20)16-31-12-4-5-19(17-31)14-28-25-13-23(21-6-2-3-7-24(21)33)30-26-22(27)15-29-32(25)26/h2-3,6-11,13,15,19,28,33H,4-5,12,14,16-17H2,1H3. The fraction of sp³-hybridized carbons (Fsp3) is 0.308. The van der Waals surface area contributed by atoms with Crippen LogP contribution in [-0.2, 0) is 6.54 Å². The SMILES string of the molecule is CSc1ccc(CN2CCCC(CNc3cc(-c4ccccc4O)nc4c(Br)cnn34)C2)cc1. The molecular weight excluding hydrogens is 510 g/mol. The third-order valence-electron chi connectivity index (χ3n) is 6.35.